The topological polar surface area (TPSA) is 68.3 Å². The minimum absolute atomic E-state index is 0. The average molecular weight is 439 g/mol. The first-order chi connectivity index (χ1) is 13.7. The van der Waals surface area contributed by atoms with Crippen LogP contribution in [0.5, 0.6) is 11.5 Å². The molecule has 0 saturated carbocycles. The van der Waals surface area contributed by atoms with Gasteiger partial charge in [-0.1, -0.05) is 17.7 Å². The molecule has 1 fully saturated rings. The Morgan fingerprint density at radius 1 is 1.24 bits per heavy atom. The van der Waals surface area contributed by atoms with Crippen molar-refractivity contribution >= 4 is 46.4 Å². The van der Waals surface area contributed by atoms with Gasteiger partial charge in [-0.2, -0.15) is 0 Å². The van der Waals surface area contributed by atoms with E-state index in [1.54, 1.807) is 25.3 Å². The Balaban J connectivity index is 0.00000240. The Bertz CT molecular complexity index is 1000. The average Bonchev–Trinajstić information content (AvgIpc) is 2.72. The van der Waals surface area contributed by atoms with Crippen LogP contribution in [0.3, 0.4) is 0 Å². The third-order valence-electron chi connectivity index (χ3n) is 4.67. The Morgan fingerprint density at radius 3 is 2.86 bits per heavy atom. The van der Waals surface area contributed by atoms with E-state index in [0.29, 0.717) is 28.2 Å². The standard InChI is InChI=1S/C20H20ClFN4O2.ClH/c1-27-17-9-16-13(8-18(17)28-12-4-3-7-23-10-12)20(25-11-24-16)26-15-6-2-5-14(21)19(15)22;/h2,5-6,8-9,11-12,23H,3-4,7,10H2,1H3,(H,24,25,26);1H/t12-;/m1./s1. The molecule has 4 rings (SSSR count). The highest BCUT2D eigenvalue weighted by molar-refractivity contribution is 6.31. The normalized spacial score (nSPS) is 16.2. The molecule has 1 atom stereocenters. The van der Waals surface area contributed by atoms with Crippen molar-refractivity contribution in [1.29, 1.82) is 0 Å². The van der Waals surface area contributed by atoms with Crippen LogP contribution in [-0.4, -0.2) is 36.3 Å². The molecule has 3 aromatic rings. The van der Waals surface area contributed by atoms with Crippen molar-refractivity contribution in [2.45, 2.75) is 18.9 Å². The quantitative estimate of drug-likeness (QED) is 0.600. The molecule has 1 aliphatic heterocycles. The highest BCUT2D eigenvalue weighted by Crippen LogP contribution is 2.36. The molecule has 0 radical (unpaired) electrons. The zero-order valence-electron chi connectivity index (χ0n) is 15.7. The number of ether oxygens (including phenoxy) is 2. The molecule has 29 heavy (non-hydrogen) atoms. The van der Waals surface area contributed by atoms with Crippen molar-refractivity contribution in [3.05, 3.63) is 47.5 Å². The van der Waals surface area contributed by atoms with E-state index in [4.69, 9.17) is 21.1 Å². The third-order valence-corrected chi connectivity index (χ3v) is 4.96. The first kappa shape index (κ1) is 21.4. The largest absolute Gasteiger partial charge is 0.493 e. The predicted molar refractivity (Wildman–Crippen MR) is 115 cm³/mol. The zero-order chi connectivity index (χ0) is 19.5. The first-order valence-corrected chi connectivity index (χ1v) is 9.44. The predicted octanol–water partition coefficient (Wildman–Crippen LogP) is 4.73. The molecule has 2 heterocycles. The number of methoxy groups -OCH3 is 1. The molecule has 6 nitrogen and oxygen atoms in total. The molecule has 2 aromatic carbocycles. The monoisotopic (exact) mass is 438 g/mol. The number of halogens is 3. The van der Waals surface area contributed by atoms with Crippen LogP contribution in [0.25, 0.3) is 10.9 Å². The van der Waals surface area contributed by atoms with Crippen LogP contribution in [0, 0.1) is 5.82 Å². The lowest BCUT2D eigenvalue weighted by Gasteiger charge is -2.25. The number of aromatic nitrogens is 2. The van der Waals surface area contributed by atoms with Crippen molar-refractivity contribution in [2.24, 2.45) is 0 Å². The number of hydrogen-bond acceptors (Lipinski definition) is 6. The second-order valence-electron chi connectivity index (χ2n) is 6.56. The summed E-state index contributed by atoms with van der Waals surface area (Å²) in [5.74, 6) is 1.12. The Labute approximate surface area is 179 Å². The molecule has 9 heteroatoms. The smallest absolute Gasteiger partial charge is 0.165 e. The van der Waals surface area contributed by atoms with E-state index in [2.05, 4.69) is 20.6 Å². The fraction of sp³-hybridized carbons (Fsp3) is 0.300. The molecule has 0 amide bonds. The highest BCUT2D eigenvalue weighted by atomic mass is 35.5. The Kier molecular flexibility index (Phi) is 6.95. The van der Waals surface area contributed by atoms with Crippen LogP contribution >= 0.6 is 24.0 Å². The molecule has 1 aliphatic rings. The van der Waals surface area contributed by atoms with Crippen LogP contribution in [0.2, 0.25) is 5.02 Å². The molecule has 0 aliphatic carbocycles. The summed E-state index contributed by atoms with van der Waals surface area (Å²) in [6, 6.07) is 8.39. The van der Waals surface area contributed by atoms with E-state index >= 15 is 0 Å². The summed E-state index contributed by atoms with van der Waals surface area (Å²) in [5, 5.41) is 7.07. The number of nitrogens with zero attached hydrogens (tertiary/aromatic N) is 2. The SMILES string of the molecule is COc1cc2ncnc(Nc3cccc(Cl)c3F)c2cc1O[C@@H]1CCCNC1.Cl. The number of benzene rings is 2. The second kappa shape index (κ2) is 9.43. The molecule has 154 valence electrons. The van der Waals surface area contributed by atoms with Gasteiger partial charge < -0.3 is 20.1 Å². The van der Waals surface area contributed by atoms with Gasteiger partial charge in [-0.25, -0.2) is 14.4 Å². The van der Waals surface area contributed by atoms with E-state index in [1.807, 2.05) is 6.07 Å². The van der Waals surface area contributed by atoms with E-state index in [-0.39, 0.29) is 29.2 Å². The van der Waals surface area contributed by atoms with Gasteiger partial charge in [-0.3, -0.25) is 0 Å². The number of piperidine rings is 1. The second-order valence-corrected chi connectivity index (χ2v) is 6.96. The lowest BCUT2D eigenvalue weighted by molar-refractivity contribution is 0.161. The number of nitrogens with one attached hydrogen (secondary N) is 2. The van der Waals surface area contributed by atoms with Gasteiger partial charge in [0, 0.05) is 18.0 Å². The van der Waals surface area contributed by atoms with Crippen molar-refractivity contribution in [3.8, 4) is 11.5 Å². The van der Waals surface area contributed by atoms with Crippen molar-refractivity contribution in [1.82, 2.24) is 15.3 Å². The van der Waals surface area contributed by atoms with Gasteiger partial charge in [0.15, 0.2) is 17.3 Å². The van der Waals surface area contributed by atoms with Gasteiger partial charge in [-0.05, 0) is 37.6 Å². The molecule has 0 unspecified atom stereocenters. The van der Waals surface area contributed by atoms with E-state index in [1.165, 1.54) is 12.4 Å². The van der Waals surface area contributed by atoms with Crippen LogP contribution in [-0.2, 0) is 0 Å². The third kappa shape index (κ3) is 4.63. The maximum absolute atomic E-state index is 14.3. The zero-order valence-corrected chi connectivity index (χ0v) is 17.3. The number of rotatable bonds is 5. The minimum atomic E-state index is -0.533. The van der Waals surface area contributed by atoms with Gasteiger partial charge in [-0.15, -0.1) is 12.4 Å². The van der Waals surface area contributed by atoms with Crippen molar-refractivity contribution in [3.63, 3.8) is 0 Å². The van der Waals surface area contributed by atoms with Gasteiger partial charge in [0.2, 0.25) is 0 Å². The summed E-state index contributed by atoms with van der Waals surface area (Å²) in [7, 11) is 1.59. The maximum Gasteiger partial charge on any atom is 0.165 e. The van der Waals surface area contributed by atoms with Gasteiger partial charge in [0.25, 0.3) is 0 Å². The Morgan fingerprint density at radius 2 is 2.10 bits per heavy atom. The van der Waals surface area contributed by atoms with E-state index < -0.39 is 5.82 Å². The molecule has 2 N–H and O–H groups in total. The summed E-state index contributed by atoms with van der Waals surface area (Å²) in [6.07, 6.45) is 3.51. The van der Waals surface area contributed by atoms with E-state index in [0.717, 1.165) is 25.9 Å². The number of hydrogen-bond donors (Lipinski definition) is 2. The molecule has 0 spiro atoms. The Hall–Kier alpha value is -2.35. The lowest BCUT2D eigenvalue weighted by Crippen LogP contribution is -2.37. The fourth-order valence-corrected chi connectivity index (χ4v) is 3.42. The van der Waals surface area contributed by atoms with Gasteiger partial charge in [0.1, 0.15) is 18.2 Å². The molecule has 1 saturated heterocycles. The molecule has 0 bridgehead atoms. The van der Waals surface area contributed by atoms with Gasteiger partial charge in [0.05, 0.1) is 23.3 Å². The fourth-order valence-electron chi connectivity index (χ4n) is 3.24. The van der Waals surface area contributed by atoms with Crippen LogP contribution in [0.15, 0.2) is 36.7 Å². The molecular formula is C20H21Cl2FN4O2. The summed E-state index contributed by atoms with van der Waals surface area (Å²) in [5.41, 5.74) is 0.896. The van der Waals surface area contributed by atoms with Crippen molar-refractivity contribution in [2.75, 3.05) is 25.5 Å². The maximum atomic E-state index is 14.3. The van der Waals surface area contributed by atoms with E-state index in [9.17, 15) is 4.39 Å². The summed E-state index contributed by atoms with van der Waals surface area (Å²) in [4.78, 5) is 8.58. The van der Waals surface area contributed by atoms with Crippen LogP contribution < -0.4 is 20.1 Å². The summed E-state index contributed by atoms with van der Waals surface area (Å²) >= 11 is 5.88. The van der Waals surface area contributed by atoms with Crippen LogP contribution in [0.1, 0.15) is 12.8 Å². The molecule has 1 aromatic heterocycles. The lowest BCUT2D eigenvalue weighted by atomic mass is 10.1. The van der Waals surface area contributed by atoms with Gasteiger partial charge >= 0.3 is 0 Å². The highest BCUT2D eigenvalue weighted by Gasteiger charge is 2.19. The first-order valence-electron chi connectivity index (χ1n) is 9.07. The number of fused-ring (bicyclic) bond motifs is 1. The summed E-state index contributed by atoms with van der Waals surface area (Å²) in [6.45, 7) is 1.78. The van der Waals surface area contributed by atoms with Crippen LogP contribution in [0.4, 0.5) is 15.9 Å². The number of anilines is 2. The molecular weight excluding hydrogens is 418 g/mol. The summed E-state index contributed by atoms with van der Waals surface area (Å²) < 4.78 is 26.0. The minimum Gasteiger partial charge on any atom is -0.493 e. The van der Waals surface area contributed by atoms with Crippen molar-refractivity contribution < 1.29 is 13.9 Å².